The van der Waals surface area contributed by atoms with Crippen LogP contribution in [0.5, 0.6) is 5.88 Å². The first-order chi connectivity index (χ1) is 5.74. The lowest BCUT2D eigenvalue weighted by molar-refractivity contribution is -0.132. The minimum Gasteiger partial charge on any atom is -0.407 e. The summed E-state index contributed by atoms with van der Waals surface area (Å²) in [6, 6.07) is 3.51. The fourth-order valence-electron chi connectivity index (χ4n) is 0.808. The standard InChI is InChI=1S/C8H10N2O2/c1-6(11)12-8-7(5-9)3-2-4-10-8/h2-4H,5,9H2,1H3. The van der Waals surface area contributed by atoms with Crippen LogP contribution in [0.25, 0.3) is 0 Å². The van der Waals surface area contributed by atoms with E-state index in [4.69, 9.17) is 10.5 Å². The number of carbonyl (C=O) groups is 1. The van der Waals surface area contributed by atoms with Gasteiger partial charge in [-0.25, -0.2) is 4.98 Å². The Labute approximate surface area is 70.4 Å². The fraction of sp³-hybridized carbons (Fsp3) is 0.250. The molecule has 1 rings (SSSR count). The van der Waals surface area contributed by atoms with Gasteiger partial charge in [-0.1, -0.05) is 6.07 Å². The van der Waals surface area contributed by atoms with Crippen molar-refractivity contribution in [3.8, 4) is 5.88 Å². The van der Waals surface area contributed by atoms with Crippen molar-refractivity contribution >= 4 is 5.97 Å². The highest BCUT2D eigenvalue weighted by atomic mass is 16.5. The maximum Gasteiger partial charge on any atom is 0.309 e. The lowest BCUT2D eigenvalue weighted by Gasteiger charge is -2.03. The van der Waals surface area contributed by atoms with E-state index < -0.39 is 0 Å². The van der Waals surface area contributed by atoms with Crippen molar-refractivity contribution in [2.45, 2.75) is 13.5 Å². The van der Waals surface area contributed by atoms with Gasteiger partial charge in [0, 0.05) is 25.2 Å². The molecule has 0 aromatic carbocycles. The molecule has 1 aromatic rings. The van der Waals surface area contributed by atoms with Gasteiger partial charge in [0.25, 0.3) is 0 Å². The summed E-state index contributed by atoms with van der Waals surface area (Å²) >= 11 is 0. The average Bonchev–Trinajstić information content (AvgIpc) is 2.04. The molecule has 0 aliphatic carbocycles. The van der Waals surface area contributed by atoms with Crippen molar-refractivity contribution in [3.63, 3.8) is 0 Å². The lowest BCUT2D eigenvalue weighted by Crippen LogP contribution is -2.07. The van der Waals surface area contributed by atoms with E-state index in [2.05, 4.69) is 4.98 Å². The van der Waals surface area contributed by atoms with Gasteiger partial charge in [0.1, 0.15) is 0 Å². The van der Waals surface area contributed by atoms with Crippen LogP contribution in [0.1, 0.15) is 12.5 Å². The van der Waals surface area contributed by atoms with E-state index in [1.807, 2.05) is 0 Å². The Morgan fingerprint density at radius 1 is 1.75 bits per heavy atom. The molecule has 12 heavy (non-hydrogen) atoms. The van der Waals surface area contributed by atoms with Crippen LogP contribution >= 0.6 is 0 Å². The topological polar surface area (TPSA) is 65.2 Å². The quantitative estimate of drug-likeness (QED) is 0.648. The molecule has 0 saturated heterocycles. The van der Waals surface area contributed by atoms with Gasteiger partial charge >= 0.3 is 5.97 Å². The number of hydrogen-bond acceptors (Lipinski definition) is 4. The minimum absolute atomic E-state index is 0.299. The molecular weight excluding hydrogens is 156 g/mol. The van der Waals surface area contributed by atoms with Gasteiger partial charge < -0.3 is 10.5 Å². The van der Waals surface area contributed by atoms with Crippen LogP contribution in [0, 0.1) is 0 Å². The first-order valence-corrected chi connectivity index (χ1v) is 3.56. The van der Waals surface area contributed by atoms with Crippen LogP contribution in [0.3, 0.4) is 0 Å². The van der Waals surface area contributed by atoms with Crippen molar-refractivity contribution in [1.82, 2.24) is 4.98 Å². The minimum atomic E-state index is -0.386. The Morgan fingerprint density at radius 3 is 3.08 bits per heavy atom. The van der Waals surface area contributed by atoms with Crippen LogP contribution in [0.4, 0.5) is 0 Å². The van der Waals surface area contributed by atoms with Gasteiger partial charge in [0.2, 0.25) is 5.88 Å². The normalized spacial score (nSPS) is 9.50. The zero-order chi connectivity index (χ0) is 8.97. The van der Waals surface area contributed by atoms with Crippen LogP contribution in [-0.4, -0.2) is 11.0 Å². The Hall–Kier alpha value is -1.42. The molecular formula is C8H10N2O2. The highest BCUT2D eigenvalue weighted by Gasteiger charge is 2.04. The number of hydrogen-bond donors (Lipinski definition) is 1. The molecule has 64 valence electrons. The summed E-state index contributed by atoms with van der Waals surface area (Å²) in [4.78, 5) is 14.4. The molecule has 0 aliphatic heterocycles. The molecule has 0 fully saturated rings. The van der Waals surface area contributed by atoms with Crippen LogP contribution in [0.2, 0.25) is 0 Å². The van der Waals surface area contributed by atoms with Gasteiger partial charge in [0.15, 0.2) is 0 Å². The molecule has 2 N–H and O–H groups in total. The van der Waals surface area contributed by atoms with Gasteiger partial charge in [-0.05, 0) is 6.07 Å². The van der Waals surface area contributed by atoms with E-state index in [9.17, 15) is 4.79 Å². The summed E-state index contributed by atoms with van der Waals surface area (Å²) in [6.45, 7) is 1.64. The lowest BCUT2D eigenvalue weighted by atomic mass is 10.3. The molecule has 0 radical (unpaired) electrons. The second-order valence-corrected chi connectivity index (χ2v) is 2.27. The number of pyridine rings is 1. The largest absolute Gasteiger partial charge is 0.407 e. The van der Waals surface area contributed by atoms with Crippen LogP contribution in [-0.2, 0) is 11.3 Å². The number of rotatable bonds is 2. The molecule has 0 bridgehead atoms. The van der Waals surface area contributed by atoms with E-state index in [1.54, 1.807) is 18.3 Å². The second-order valence-electron chi connectivity index (χ2n) is 2.27. The molecule has 0 unspecified atom stereocenters. The molecule has 0 aliphatic rings. The van der Waals surface area contributed by atoms with Crippen molar-refractivity contribution in [2.75, 3.05) is 0 Å². The number of carbonyl (C=O) groups excluding carboxylic acids is 1. The summed E-state index contributed by atoms with van der Waals surface area (Å²) in [6.07, 6.45) is 1.55. The number of nitrogens with two attached hydrogens (primary N) is 1. The third-order valence-corrected chi connectivity index (χ3v) is 1.31. The SMILES string of the molecule is CC(=O)Oc1ncccc1CN. The molecule has 1 heterocycles. The maximum absolute atomic E-state index is 10.6. The van der Waals surface area contributed by atoms with E-state index in [0.717, 1.165) is 5.56 Å². The van der Waals surface area contributed by atoms with E-state index >= 15 is 0 Å². The number of esters is 1. The van der Waals surface area contributed by atoms with Gasteiger partial charge in [0.05, 0.1) is 0 Å². The van der Waals surface area contributed by atoms with Gasteiger partial charge in [-0.15, -0.1) is 0 Å². The smallest absolute Gasteiger partial charge is 0.309 e. The first kappa shape index (κ1) is 8.67. The van der Waals surface area contributed by atoms with E-state index in [-0.39, 0.29) is 5.97 Å². The zero-order valence-corrected chi connectivity index (χ0v) is 6.78. The van der Waals surface area contributed by atoms with Crippen molar-refractivity contribution in [3.05, 3.63) is 23.9 Å². The molecule has 0 amide bonds. The van der Waals surface area contributed by atoms with Crippen molar-refractivity contribution < 1.29 is 9.53 Å². The Balaban J connectivity index is 2.89. The van der Waals surface area contributed by atoms with E-state index in [1.165, 1.54) is 6.92 Å². The summed E-state index contributed by atoms with van der Waals surface area (Å²) in [5, 5.41) is 0. The van der Waals surface area contributed by atoms with Crippen molar-refractivity contribution in [2.24, 2.45) is 5.73 Å². The number of nitrogens with zero attached hydrogens (tertiary/aromatic N) is 1. The van der Waals surface area contributed by atoms with Crippen molar-refractivity contribution in [1.29, 1.82) is 0 Å². The summed E-state index contributed by atoms with van der Waals surface area (Å²) in [5.74, 6) is -0.0871. The first-order valence-electron chi connectivity index (χ1n) is 3.56. The number of aromatic nitrogens is 1. The zero-order valence-electron chi connectivity index (χ0n) is 6.78. The molecule has 0 spiro atoms. The summed E-state index contributed by atoms with van der Waals surface area (Å²) in [5.41, 5.74) is 6.12. The highest BCUT2D eigenvalue weighted by molar-refractivity contribution is 5.69. The maximum atomic E-state index is 10.6. The van der Waals surface area contributed by atoms with Gasteiger partial charge in [-0.2, -0.15) is 0 Å². The fourth-order valence-corrected chi connectivity index (χ4v) is 0.808. The van der Waals surface area contributed by atoms with Crippen LogP contribution in [0.15, 0.2) is 18.3 Å². The van der Waals surface area contributed by atoms with Crippen LogP contribution < -0.4 is 10.5 Å². The average molecular weight is 166 g/mol. The Morgan fingerprint density at radius 2 is 2.50 bits per heavy atom. The second kappa shape index (κ2) is 3.82. The van der Waals surface area contributed by atoms with Gasteiger partial charge in [-0.3, -0.25) is 4.79 Å². The Kier molecular flexibility index (Phi) is 2.76. The monoisotopic (exact) mass is 166 g/mol. The number of ether oxygens (including phenoxy) is 1. The Bertz CT molecular complexity index is 286. The summed E-state index contributed by atoms with van der Waals surface area (Å²) < 4.78 is 4.81. The molecule has 0 atom stereocenters. The van der Waals surface area contributed by atoms with E-state index in [0.29, 0.717) is 12.4 Å². The highest BCUT2D eigenvalue weighted by Crippen LogP contribution is 2.12. The molecule has 4 heteroatoms. The summed E-state index contributed by atoms with van der Waals surface area (Å²) in [7, 11) is 0. The third kappa shape index (κ3) is 2.03. The molecule has 1 aromatic heterocycles. The molecule has 4 nitrogen and oxygen atoms in total. The molecule has 0 saturated carbocycles. The third-order valence-electron chi connectivity index (χ3n) is 1.31. The predicted octanol–water partition coefficient (Wildman–Crippen LogP) is 0.466. The predicted molar refractivity (Wildman–Crippen MR) is 43.4 cm³/mol.